The molecule has 0 bridgehead atoms. The molecule has 3 aromatic rings. The maximum atomic E-state index is 13.3. The monoisotopic (exact) mass is 450 g/mol. The number of likely N-dealkylation sites (tertiary alicyclic amines) is 1. The topological polar surface area (TPSA) is 58.6 Å². The molecule has 5 nitrogen and oxygen atoms in total. The molecule has 0 aromatic heterocycles. The lowest BCUT2D eigenvalue weighted by Gasteiger charge is -2.32. The van der Waals surface area contributed by atoms with Gasteiger partial charge < -0.3 is 15.0 Å². The summed E-state index contributed by atoms with van der Waals surface area (Å²) in [5.41, 5.74) is 1.68. The highest BCUT2D eigenvalue weighted by Crippen LogP contribution is 2.30. The molecule has 6 heteroatoms. The van der Waals surface area contributed by atoms with Gasteiger partial charge >= 0.3 is 0 Å². The first-order valence-electron chi connectivity index (χ1n) is 10.9. The lowest BCUT2D eigenvalue weighted by Crippen LogP contribution is -2.43. The summed E-state index contributed by atoms with van der Waals surface area (Å²) >= 11 is 5.95. The third kappa shape index (κ3) is 4.58. The van der Waals surface area contributed by atoms with Gasteiger partial charge in [-0.1, -0.05) is 48.0 Å². The summed E-state index contributed by atoms with van der Waals surface area (Å²) in [5.74, 6) is 0.690. The van der Waals surface area contributed by atoms with E-state index >= 15 is 0 Å². The van der Waals surface area contributed by atoms with Crippen molar-refractivity contribution in [2.24, 2.45) is 5.92 Å². The Morgan fingerprint density at radius 3 is 2.31 bits per heavy atom. The number of carbonyl (C=O) groups excluding carboxylic acids is 2. The number of carbonyl (C=O) groups is 2. The molecule has 1 saturated heterocycles. The number of amides is 2. The molecule has 0 saturated carbocycles. The van der Waals surface area contributed by atoms with Gasteiger partial charge in [0.2, 0.25) is 5.91 Å². The van der Waals surface area contributed by atoms with Crippen molar-refractivity contribution in [3.05, 3.63) is 76.8 Å². The number of piperidine rings is 1. The number of benzene rings is 3. The van der Waals surface area contributed by atoms with Gasteiger partial charge in [0.05, 0.1) is 13.2 Å². The lowest BCUT2D eigenvalue weighted by molar-refractivity contribution is -0.126. The zero-order valence-corrected chi connectivity index (χ0v) is 19.1. The van der Waals surface area contributed by atoms with Gasteiger partial charge in [-0.3, -0.25) is 9.59 Å². The minimum atomic E-state index is -0.0959. The van der Waals surface area contributed by atoms with Crippen molar-refractivity contribution in [3.63, 3.8) is 0 Å². The van der Waals surface area contributed by atoms with Crippen molar-refractivity contribution in [1.82, 2.24) is 10.2 Å². The predicted molar refractivity (Wildman–Crippen MR) is 127 cm³/mol. The van der Waals surface area contributed by atoms with Crippen molar-refractivity contribution in [2.75, 3.05) is 20.2 Å². The van der Waals surface area contributed by atoms with E-state index in [1.54, 1.807) is 7.11 Å². The second-order valence-corrected chi connectivity index (χ2v) is 8.65. The largest absolute Gasteiger partial charge is 0.496 e. The molecule has 1 aliphatic heterocycles. The number of methoxy groups -OCH3 is 1. The Morgan fingerprint density at radius 1 is 1.00 bits per heavy atom. The molecule has 1 heterocycles. The molecule has 1 aliphatic rings. The minimum absolute atomic E-state index is 0.00255. The third-order valence-electron chi connectivity index (χ3n) is 6.22. The van der Waals surface area contributed by atoms with Crippen molar-refractivity contribution in [1.29, 1.82) is 0 Å². The quantitative estimate of drug-likeness (QED) is 0.579. The van der Waals surface area contributed by atoms with Crippen molar-refractivity contribution < 1.29 is 14.3 Å². The van der Waals surface area contributed by atoms with E-state index in [0.717, 1.165) is 22.1 Å². The van der Waals surface area contributed by atoms with Crippen LogP contribution in [0.2, 0.25) is 5.02 Å². The van der Waals surface area contributed by atoms with Crippen LogP contribution in [0.1, 0.15) is 41.7 Å². The van der Waals surface area contributed by atoms with E-state index in [0.29, 0.717) is 36.5 Å². The Hall–Kier alpha value is -3.05. The summed E-state index contributed by atoms with van der Waals surface area (Å²) in [6.07, 6.45) is 1.30. The summed E-state index contributed by atoms with van der Waals surface area (Å²) in [6, 6.07) is 18.9. The zero-order chi connectivity index (χ0) is 22.7. The molecule has 3 aromatic carbocycles. The number of halogens is 1. The molecular formula is C26H27ClN2O3. The van der Waals surface area contributed by atoms with Crippen LogP contribution in [0.5, 0.6) is 5.75 Å². The van der Waals surface area contributed by atoms with Gasteiger partial charge in [-0.15, -0.1) is 0 Å². The summed E-state index contributed by atoms with van der Waals surface area (Å²) in [7, 11) is 1.63. The molecule has 4 rings (SSSR count). The van der Waals surface area contributed by atoms with E-state index in [2.05, 4.69) is 5.32 Å². The average molecular weight is 451 g/mol. The second-order valence-electron chi connectivity index (χ2n) is 8.21. The van der Waals surface area contributed by atoms with Crippen LogP contribution in [0.15, 0.2) is 60.7 Å². The number of nitrogens with zero attached hydrogens (tertiary/aromatic N) is 1. The summed E-state index contributed by atoms with van der Waals surface area (Å²) < 4.78 is 5.44. The first kappa shape index (κ1) is 22.2. The Balaban J connectivity index is 1.39. The van der Waals surface area contributed by atoms with E-state index in [1.807, 2.05) is 72.5 Å². The fourth-order valence-electron chi connectivity index (χ4n) is 4.32. The number of fused-ring (bicyclic) bond motifs is 1. The molecule has 2 amide bonds. The maximum absolute atomic E-state index is 13.3. The number of rotatable bonds is 5. The first-order valence-corrected chi connectivity index (χ1v) is 11.3. The van der Waals surface area contributed by atoms with E-state index in [-0.39, 0.29) is 23.8 Å². The third-order valence-corrected chi connectivity index (χ3v) is 6.47. The summed E-state index contributed by atoms with van der Waals surface area (Å²) in [6.45, 7) is 3.09. The van der Waals surface area contributed by atoms with E-state index in [1.165, 1.54) is 0 Å². The Labute approximate surface area is 193 Å². The average Bonchev–Trinajstić information content (AvgIpc) is 2.83. The SMILES string of the molecule is COc1ccc(C(=O)N2CCC(C(=O)N[C@H](C)c3ccc(Cl)cc3)CC2)c2ccccc12. The van der Waals surface area contributed by atoms with Crippen LogP contribution in [-0.2, 0) is 4.79 Å². The van der Waals surface area contributed by atoms with Crippen LogP contribution in [0.25, 0.3) is 10.8 Å². The molecule has 0 aliphatic carbocycles. The maximum Gasteiger partial charge on any atom is 0.254 e. The summed E-state index contributed by atoms with van der Waals surface area (Å²) in [5, 5.41) is 5.58. The minimum Gasteiger partial charge on any atom is -0.496 e. The van der Waals surface area contributed by atoms with Crippen molar-refractivity contribution >= 4 is 34.2 Å². The van der Waals surface area contributed by atoms with Gasteiger partial charge in [0.15, 0.2) is 0 Å². The molecule has 1 fully saturated rings. The highest BCUT2D eigenvalue weighted by molar-refractivity contribution is 6.30. The highest BCUT2D eigenvalue weighted by atomic mass is 35.5. The lowest BCUT2D eigenvalue weighted by atomic mass is 9.94. The molecule has 166 valence electrons. The van der Waals surface area contributed by atoms with Crippen molar-refractivity contribution in [3.8, 4) is 5.75 Å². The van der Waals surface area contributed by atoms with Crippen molar-refractivity contribution in [2.45, 2.75) is 25.8 Å². The highest BCUT2D eigenvalue weighted by Gasteiger charge is 2.29. The summed E-state index contributed by atoms with van der Waals surface area (Å²) in [4.78, 5) is 27.9. The van der Waals surface area contributed by atoms with Crippen LogP contribution >= 0.6 is 11.6 Å². The Morgan fingerprint density at radius 2 is 1.66 bits per heavy atom. The standard InChI is InChI=1S/C26H27ClN2O3/c1-17(18-7-9-20(27)10-8-18)28-25(30)19-13-15-29(16-14-19)26(31)23-11-12-24(32-2)22-6-4-3-5-21(22)23/h3-12,17,19H,13-16H2,1-2H3,(H,28,30)/t17-/m1/s1. The molecular weight excluding hydrogens is 424 g/mol. The van der Waals surface area contributed by atoms with E-state index in [4.69, 9.17) is 16.3 Å². The van der Waals surface area contributed by atoms with Crippen LogP contribution in [0.4, 0.5) is 0 Å². The van der Waals surface area contributed by atoms with Gasteiger partial charge in [-0.25, -0.2) is 0 Å². The van der Waals surface area contributed by atoms with Crippen LogP contribution in [-0.4, -0.2) is 36.9 Å². The fourth-order valence-corrected chi connectivity index (χ4v) is 4.44. The first-order chi connectivity index (χ1) is 15.5. The Bertz CT molecular complexity index is 1120. The molecule has 32 heavy (non-hydrogen) atoms. The Kier molecular flexibility index (Phi) is 6.66. The van der Waals surface area contributed by atoms with Crippen LogP contribution in [0, 0.1) is 5.92 Å². The second kappa shape index (κ2) is 9.61. The van der Waals surface area contributed by atoms with E-state index in [9.17, 15) is 9.59 Å². The van der Waals surface area contributed by atoms with Gasteiger partial charge in [-0.05, 0) is 55.0 Å². The molecule has 0 unspecified atom stereocenters. The van der Waals surface area contributed by atoms with Gasteiger partial charge in [0.25, 0.3) is 5.91 Å². The number of hydrogen-bond donors (Lipinski definition) is 1. The number of hydrogen-bond acceptors (Lipinski definition) is 3. The van der Waals surface area contributed by atoms with E-state index < -0.39 is 0 Å². The predicted octanol–water partition coefficient (Wildman–Crippen LogP) is 5.23. The molecule has 1 atom stereocenters. The fraction of sp³-hybridized carbons (Fsp3) is 0.308. The number of ether oxygens (including phenoxy) is 1. The normalized spacial score (nSPS) is 15.4. The smallest absolute Gasteiger partial charge is 0.254 e. The number of nitrogens with one attached hydrogen (secondary N) is 1. The van der Waals surface area contributed by atoms with Crippen LogP contribution < -0.4 is 10.1 Å². The zero-order valence-electron chi connectivity index (χ0n) is 18.3. The molecule has 0 spiro atoms. The van der Waals surface area contributed by atoms with Gasteiger partial charge in [0, 0.05) is 35.0 Å². The molecule has 1 N–H and O–H groups in total. The molecule has 0 radical (unpaired) electrons. The van der Waals surface area contributed by atoms with Crippen LogP contribution in [0.3, 0.4) is 0 Å². The van der Waals surface area contributed by atoms with Gasteiger partial charge in [0.1, 0.15) is 5.75 Å². The van der Waals surface area contributed by atoms with Gasteiger partial charge in [-0.2, -0.15) is 0 Å².